The molecule has 7 heteroatoms. The first-order valence-corrected chi connectivity index (χ1v) is 11.6. The number of thiazole rings is 1. The van der Waals surface area contributed by atoms with Crippen LogP contribution in [-0.4, -0.2) is 51.4 Å². The highest BCUT2D eigenvalue weighted by atomic mass is 32.1. The number of aliphatic hydroxyl groups is 1. The predicted molar refractivity (Wildman–Crippen MR) is 124 cm³/mol. The lowest BCUT2D eigenvalue weighted by Gasteiger charge is -2.32. The fourth-order valence-corrected chi connectivity index (χ4v) is 4.82. The van der Waals surface area contributed by atoms with E-state index in [9.17, 15) is 14.7 Å². The number of carbonyl (C=O) groups is 2. The number of rotatable bonds is 6. The van der Waals surface area contributed by atoms with Crippen LogP contribution in [0.1, 0.15) is 57.7 Å². The molecule has 0 aliphatic carbocycles. The molecular formula is C24H33N3O3S. The van der Waals surface area contributed by atoms with Crippen molar-refractivity contribution < 1.29 is 14.7 Å². The van der Waals surface area contributed by atoms with Crippen LogP contribution >= 0.6 is 11.3 Å². The third-order valence-electron chi connectivity index (χ3n) is 6.13. The minimum absolute atomic E-state index is 0.00934. The van der Waals surface area contributed by atoms with Gasteiger partial charge in [0.2, 0.25) is 5.91 Å². The summed E-state index contributed by atoms with van der Waals surface area (Å²) in [5.41, 5.74) is 10.8. The number of hydrogen-bond donors (Lipinski definition) is 2. The van der Waals surface area contributed by atoms with Gasteiger partial charge in [-0.05, 0) is 29.4 Å². The van der Waals surface area contributed by atoms with E-state index in [1.165, 1.54) is 4.90 Å². The van der Waals surface area contributed by atoms with Crippen molar-refractivity contribution in [2.45, 2.75) is 71.6 Å². The Balaban J connectivity index is 1.69. The number of carbonyl (C=O) groups excluding carboxylic acids is 2. The van der Waals surface area contributed by atoms with E-state index in [1.807, 2.05) is 52.3 Å². The maximum absolute atomic E-state index is 13.1. The minimum Gasteiger partial charge on any atom is -0.391 e. The lowest BCUT2D eigenvalue weighted by Crippen LogP contribution is -2.53. The molecule has 1 aromatic heterocycles. The average molecular weight is 444 g/mol. The van der Waals surface area contributed by atoms with E-state index >= 15 is 0 Å². The molecule has 3 rings (SSSR count). The number of amides is 1. The summed E-state index contributed by atoms with van der Waals surface area (Å²) in [6.45, 7) is 9.88. The number of aromatic nitrogens is 1. The van der Waals surface area contributed by atoms with Crippen LogP contribution in [0.3, 0.4) is 0 Å². The summed E-state index contributed by atoms with van der Waals surface area (Å²) < 4.78 is 0. The van der Waals surface area contributed by atoms with Crippen LogP contribution in [0.4, 0.5) is 0 Å². The number of likely N-dealkylation sites (tertiary alicyclic amines) is 1. The van der Waals surface area contributed by atoms with Crippen LogP contribution in [0.2, 0.25) is 0 Å². The molecule has 0 radical (unpaired) electrons. The molecule has 2 aromatic rings. The number of Topliss-reactive ketones (excluding diaryl/α,β-unsaturated/α-hetero) is 1. The molecule has 0 spiro atoms. The summed E-state index contributed by atoms with van der Waals surface area (Å²) in [4.78, 5) is 33.0. The van der Waals surface area contributed by atoms with Gasteiger partial charge in [-0.15, -0.1) is 11.3 Å². The van der Waals surface area contributed by atoms with E-state index in [-0.39, 0.29) is 30.6 Å². The van der Waals surface area contributed by atoms with E-state index in [2.05, 4.69) is 17.1 Å². The smallest absolute Gasteiger partial charge is 0.240 e. The molecule has 1 aromatic carbocycles. The second-order valence-corrected chi connectivity index (χ2v) is 10.6. The fourth-order valence-electron chi connectivity index (χ4n) is 4.01. The van der Waals surface area contributed by atoms with Gasteiger partial charge >= 0.3 is 0 Å². The third-order valence-corrected chi connectivity index (χ3v) is 7.11. The number of nitrogens with zero attached hydrogens (tertiary/aromatic N) is 2. The summed E-state index contributed by atoms with van der Waals surface area (Å²) >= 11 is 1.61. The zero-order valence-electron chi connectivity index (χ0n) is 19.0. The van der Waals surface area contributed by atoms with Crippen molar-refractivity contribution in [3.05, 3.63) is 41.0 Å². The Bertz CT molecular complexity index is 932. The summed E-state index contributed by atoms with van der Waals surface area (Å²) in [6.07, 6.45) is -0.106. The Hall–Kier alpha value is -2.09. The van der Waals surface area contributed by atoms with E-state index in [1.54, 1.807) is 11.3 Å². The summed E-state index contributed by atoms with van der Waals surface area (Å²) in [5, 5.41) is 10.2. The van der Waals surface area contributed by atoms with Gasteiger partial charge in [0, 0.05) is 19.4 Å². The van der Waals surface area contributed by atoms with Crippen molar-refractivity contribution in [2.24, 2.45) is 11.1 Å². The molecule has 1 fully saturated rings. The molecule has 0 bridgehead atoms. The van der Waals surface area contributed by atoms with Crippen LogP contribution < -0.4 is 5.73 Å². The Kier molecular flexibility index (Phi) is 6.98. The topological polar surface area (TPSA) is 96.5 Å². The van der Waals surface area contributed by atoms with Crippen molar-refractivity contribution in [2.75, 3.05) is 6.54 Å². The van der Waals surface area contributed by atoms with Gasteiger partial charge in [0.15, 0.2) is 5.78 Å². The van der Waals surface area contributed by atoms with Gasteiger partial charge in [-0.2, -0.15) is 0 Å². The summed E-state index contributed by atoms with van der Waals surface area (Å²) in [7, 11) is 0. The Labute approximate surface area is 188 Å². The Morgan fingerprint density at radius 3 is 2.48 bits per heavy atom. The number of ketones is 1. The van der Waals surface area contributed by atoms with Gasteiger partial charge in [-0.1, -0.05) is 52.0 Å². The molecular weight excluding hydrogens is 410 g/mol. The average Bonchev–Trinajstić information content (AvgIpc) is 3.31. The minimum atomic E-state index is -0.715. The van der Waals surface area contributed by atoms with E-state index in [0.717, 1.165) is 21.7 Å². The maximum atomic E-state index is 13.1. The highest BCUT2D eigenvalue weighted by molar-refractivity contribution is 7.13. The van der Waals surface area contributed by atoms with Crippen molar-refractivity contribution in [1.82, 2.24) is 9.88 Å². The molecule has 0 saturated carbocycles. The van der Waals surface area contributed by atoms with Gasteiger partial charge in [-0.3, -0.25) is 9.59 Å². The quantitative estimate of drug-likeness (QED) is 0.712. The van der Waals surface area contributed by atoms with Crippen LogP contribution in [-0.2, 0) is 9.59 Å². The normalized spacial score (nSPS) is 21.2. The van der Waals surface area contributed by atoms with Gasteiger partial charge in [0.05, 0.1) is 34.3 Å². The lowest BCUT2D eigenvalue weighted by atomic mass is 9.86. The van der Waals surface area contributed by atoms with E-state index in [4.69, 9.17) is 5.73 Å². The number of hydrogen-bond acceptors (Lipinski definition) is 6. The molecule has 6 nitrogen and oxygen atoms in total. The molecule has 1 unspecified atom stereocenters. The van der Waals surface area contributed by atoms with Crippen LogP contribution in [0, 0.1) is 12.3 Å². The molecule has 2 heterocycles. The predicted octanol–water partition coefficient (Wildman–Crippen LogP) is 3.52. The molecule has 1 saturated heterocycles. The Morgan fingerprint density at radius 1 is 1.29 bits per heavy atom. The zero-order valence-corrected chi connectivity index (χ0v) is 19.8. The largest absolute Gasteiger partial charge is 0.391 e. The fraction of sp³-hybridized carbons (Fsp3) is 0.542. The number of benzene rings is 1. The first-order chi connectivity index (χ1) is 14.5. The standard InChI is InChI=1S/C24H33N3O3S/c1-14(16-6-8-17(9-7-16)21-15(2)26-13-31-21)10-20(29)19-11-18(28)12-27(19)23(30)22(25)24(3,4)5/h6-9,13-14,18-19,22,28H,10-12,25H2,1-5H3/t14-,18-,19?,22-/m1/s1. The first-order valence-electron chi connectivity index (χ1n) is 10.8. The Morgan fingerprint density at radius 2 is 1.94 bits per heavy atom. The second kappa shape index (κ2) is 9.18. The van der Waals surface area contributed by atoms with Crippen molar-refractivity contribution in [3.63, 3.8) is 0 Å². The maximum Gasteiger partial charge on any atom is 0.240 e. The first kappa shape index (κ1) is 23.6. The van der Waals surface area contributed by atoms with Gasteiger partial charge < -0.3 is 15.7 Å². The van der Waals surface area contributed by atoms with Crippen molar-refractivity contribution in [1.29, 1.82) is 0 Å². The summed E-state index contributed by atoms with van der Waals surface area (Å²) in [5.74, 6) is -0.282. The third kappa shape index (κ3) is 5.22. The highest BCUT2D eigenvalue weighted by Gasteiger charge is 2.42. The van der Waals surface area contributed by atoms with Crippen molar-refractivity contribution in [3.8, 4) is 10.4 Å². The SMILES string of the molecule is Cc1ncsc1-c1ccc([C@H](C)CC(=O)C2C[C@@H](O)CN2C(=O)[C@@H](N)C(C)(C)C)cc1. The molecule has 4 atom stereocenters. The van der Waals surface area contributed by atoms with Gasteiger partial charge in [0.25, 0.3) is 0 Å². The molecule has 1 aliphatic heterocycles. The second-order valence-electron chi connectivity index (χ2n) is 9.70. The highest BCUT2D eigenvalue weighted by Crippen LogP contribution is 2.31. The molecule has 1 amide bonds. The lowest BCUT2D eigenvalue weighted by molar-refractivity contribution is -0.140. The van der Waals surface area contributed by atoms with E-state index < -0.39 is 23.6 Å². The molecule has 168 valence electrons. The monoisotopic (exact) mass is 443 g/mol. The number of aryl methyl sites for hydroxylation is 1. The van der Waals surface area contributed by atoms with Crippen LogP contribution in [0.15, 0.2) is 29.8 Å². The zero-order chi connectivity index (χ0) is 22.9. The van der Waals surface area contributed by atoms with Crippen LogP contribution in [0.25, 0.3) is 10.4 Å². The van der Waals surface area contributed by atoms with E-state index in [0.29, 0.717) is 6.42 Å². The van der Waals surface area contributed by atoms with Gasteiger partial charge in [0.1, 0.15) is 0 Å². The molecule has 3 N–H and O–H groups in total. The number of aliphatic hydroxyl groups excluding tert-OH is 1. The van der Waals surface area contributed by atoms with Crippen molar-refractivity contribution >= 4 is 23.0 Å². The number of nitrogens with two attached hydrogens (primary N) is 1. The molecule has 31 heavy (non-hydrogen) atoms. The number of β-amino-alcohol motifs (C(OH)–C–C–N with tert-alkyl or cyclic N) is 1. The summed E-state index contributed by atoms with van der Waals surface area (Å²) in [6, 6.07) is 6.90. The molecule has 1 aliphatic rings. The van der Waals surface area contributed by atoms with Gasteiger partial charge in [-0.25, -0.2) is 4.98 Å². The van der Waals surface area contributed by atoms with Crippen LogP contribution in [0.5, 0.6) is 0 Å².